The van der Waals surface area contributed by atoms with Gasteiger partial charge in [0.05, 0.1) is 0 Å². The molecule has 0 fully saturated rings. The quantitative estimate of drug-likeness (QED) is 0.676. The molecular weight excluding hydrogens is 352 g/mol. The predicted octanol–water partition coefficient (Wildman–Crippen LogP) is 4.74. The van der Waals surface area contributed by atoms with Crippen molar-refractivity contribution in [1.82, 2.24) is 10.6 Å². The van der Waals surface area contributed by atoms with Crippen molar-refractivity contribution in [2.45, 2.75) is 19.3 Å². The van der Waals surface area contributed by atoms with Gasteiger partial charge in [0.15, 0.2) is 0 Å². The molecule has 4 heteroatoms. The third kappa shape index (κ3) is 7.15. The summed E-state index contributed by atoms with van der Waals surface area (Å²) < 4.78 is 1.02. The summed E-state index contributed by atoms with van der Waals surface area (Å²) in [5.41, 5.74) is 2.37. The third-order valence-corrected chi connectivity index (χ3v) is 3.85. The molecule has 2 aromatic carbocycles. The van der Waals surface area contributed by atoms with Gasteiger partial charge in [0.1, 0.15) is 0 Å². The maximum atomic E-state index is 11.7. The number of urea groups is 1. The number of aryl methyl sites for hydroxylation is 1. The minimum atomic E-state index is -0.170. The first-order chi connectivity index (χ1) is 11.2. The van der Waals surface area contributed by atoms with E-state index in [1.807, 2.05) is 36.4 Å². The van der Waals surface area contributed by atoms with Crippen LogP contribution in [0.5, 0.6) is 0 Å². The van der Waals surface area contributed by atoms with Crippen molar-refractivity contribution in [3.8, 4) is 0 Å². The number of hydrogen-bond acceptors (Lipinski definition) is 1. The second-order valence-electron chi connectivity index (χ2n) is 5.23. The maximum absolute atomic E-state index is 11.7. The molecule has 0 saturated heterocycles. The number of nitrogens with one attached hydrogen (secondary N) is 2. The molecule has 0 saturated carbocycles. The van der Waals surface area contributed by atoms with Crippen molar-refractivity contribution >= 4 is 28.0 Å². The number of amides is 2. The fraction of sp³-hybridized carbons (Fsp3) is 0.211. The highest BCUT2D eigenvalue weighted by atomic mass is 79.9. The number of carbonyl (C=O) groups is 1. The van der Waals surface area contributed by atoms with Crippen LogP contribution in [-0.4, -0.2) is 12.6 Å². The Labute approximate surface area is 145 Å². The van der Waals surface area contributed by atoms with Crippen LogP contribution in [0.15, 0.2) is 65.3 Å². The molecule has 0 aliphatic rings. The summed E-state index contributed by atoms with van der Waals surface area (Å²) >= 11 is 3.42. The normalized spacial score (nSPS) is 10.7. The summed E-state index contributed by atoms with van der Waals surface area (Å²) in [6.07, 6.45) is 6.60. The van der Waals surface area contributed by atoms with Gasteiger partial charge >= 0.3 is 6.03 Å². The lowest BCUT2D eigenvalue weighted by Crippen LogP contribution is -2.32. The van der Waals surface area contributed by atoms with Crippen molar-refractivity contribution in [3.05, 3.63) is 76.4 Å². The van der Waals surface area contributed by atoms with Crippen LogP contribution in [0.2, 0.25) is 0 Å². The Bertz CT molecular complexity index is 641. The molecule has 2 aromatic rings. The molecule has 0 radical (unpaired) electrons. The van der Waals surface area contributed by atoms with E-state index in [2.05, 4.69) is 50.8 Å². The summed E-state index contributed by atoms with van der Waals surface area (Å²) in [7, 11) is 0. The number of halogens is 1. The molecule has 0 spiro atoms. The van der Waals surface area contributed by atoms with E-state index < -0.39 is 0 Å². The molecule has 0 aliphatic carbocycles. The molecule has 0 atom stereocenters. The Morgan fingerprint density at radius 1 is 1.04 bits per heavy atom. The monoisotopic (exact) mass is 372 g/mol. The lowest BCUT2D eigenvalue weighted by molar-refractivity contribution is 0.244. The van der Waals surface area contributed by atoms with Crippen LogP contribution < -0.4 is 10.6 Å². The van der Waals surface area contributed by atoms with Gasteiger partial charge in [-0.3, -0.25) is 0 Å². The smallest absolute Gasteiger partial charge is 0.318 e. The molecule has 120 valence electrons. The van der Waals surface area contributed by atoms with E-state index in [0.717, 1.165) is 29.3 Å². The largest absolute Gasteiger partial charge is 0.338 e. The van der Waals surface area contributed by atoms with Crippen LogP contribution in [0.25, 0.3) is 6.08 Å². The fourth-order valence-electron chi connectivity index (χ4n) is 2.18. The molecule has 0 unspecified atom stereocenters. The SMILES string of the molecule is O=C(N/C=C/c1cccc(Br)c1)NCCCCc1ccccc1. The predicted molar refractivity (Wildman–Crippen MR) is 99.1 cm³/mol. The summed E-state index contributed by atoms with van der Waals surface area (Å²) in [5, 5.41) is 5.57. The van der Waals surface area contributed by atoms with Gasteiger partial charge in [-0.1, -0.05) is 58.4 Å². The Hall–Kier alpha value is -2.07. The van der Waals surface area contributed by atoms with Gasteiger partial charge in [0.2, 0.25) is 0 Å². The van der Waals surface area contributed by atoms with Crippen LogP contribution in [0.3, 0.4) is 0 Å². The van der Waals surface area contributed by atoms with E-state index in [1.165, 1.54) is 5.56 Å². The lowest BCUT2D eigenvalue weighted by atomic mass is 10.1. The van der Waals surface area contributed by atoms with E-state index in [9.17, 15) is 4.79 Å². The van der Waals surface area contributed by atoms with Crippen molar-refractivity contribution in [2.75, 3.05) is 6.54 Å². The average molecular weight is 373 g/mol. The number of hydrogen-bond donors (Lipinski definition) is 2. The number of benzene rings is 2. The van der Waals surface area contributed by atoms with E-state index in [4.69, 9.17) is 0 Å². The Kier molecular flexibility index (Phi) is 7.40. The first kappa shape index (κ1) is 17.3. The van der Waals surface area contributed by atoms with Gasteiger partial charge in [-0.05, 0) is 48.6 Å². The molecule has 3 nitrogen and oxygen atoms in total. The molecule has 2 rings (SSSR count). The zero-order valence-corrected chi connectivity index (χ0v) is 14.6. The second kappa shape index (κ2) is 9.85. The van der Waals surface area contributed by atoms with E-state index in [-0.39, 0.29) is 6.03 Å². The Balaban J connectivity index is 1.58. The fourth-order valence-corrected chi connectivity index (χ4v) is 2.59. The Morgan fingerprint density at radius 2 is 1.87 bits per heavy atom. The van der Waals surface area contributed by atoms with Crippen LogP contribution in [0.4, 0.5) is 4.79 Å². The summed E-state index contributed by atoms with van der Waals surface area (Å²) in [6.45, 7) is 0.684. The number of unbranched alkanes of at least 4 members (excludes halogenated alkanes) is 1. The molecule has 0 heterocycles. The zero-order valence-electron chi connectivity index (χ0n) is 13.0. The second-order valence-corrected chi connectivity index (χ2v) is 6.15. The van der Waals surface area contributed by atoms with E-state index in [0.29, 0.717) is 6.54 Å². The first-order valence-electron chi connectivity index (χ1n) is 7.74. The van der Waals surface area contributed by atoms with Crippen LogP contribution in [-0.2, 0) is 6.42 Å². The number of rotatable bonds is 7. The Morgan fingerprint density at radius 3 is 2.65 bits per heavy atom. The van der Waals surface area contributed by atoms with Crippen molar-refractivity contribution in [3.63, 3.8) is 0 Å². The molecule has 0 aromatic heterocycles. The minimum absolute atomic E-state index is 0.170. The van der Waals surface area contributed by atoms with Gasteiger partial charge < -0.3 is 10.6 Å². The third-order valence-electron chi connectivity index (χ3n) is 3.36. The first-order valence-corrected chi connectivity index (χ1v) is 8.54. The maximum Gasteiger partial charge on any atom is 0.318 e. The van der Waals surface area contributed by atoms with Crippen LogP contribution >= 0.6 is 15.9 Å². The lowest BCUT2D eigenvalue weighted by Gasteiger charge is -2.05. The van der Waals surface area contributed by atoms with Gasteiger partial charge in [-0.15, -0.1) is 0 Å². The van der Waals surface area contributed by atoms with Gasteiger partial charge in [-0.25, -0.2) is 4.79 Å². The topological polar surface area (TPSA) is 41.1 Å². The highest BCUT2D eigenvalue weighted by Gasteiger charge is 1.97. The van der Waals surface area contributed by atoms with Crippen LogP contribution in [0, 0.1) is 0 Å². The van der Waals surface area contributed by atoms with Crippen molar-refractivity contribution < 1.29 is 4.79 Å². The summed E-state index contributed by atoms with van der Waals surface area (Å²) in [4.78, 5) is 11.7. The zero-order chi connectivity index (χ0) is 16.3. The molecule has 2 amide bonds. The highest BCUT2D eigenvalue weighted by molar-refractivity contribution is 9.10. The summed E-state index contributed by atoms with van der Waals surface area (Å²) in [6, 6.07) is 18.1. The van der Waals surface area contributed by atoms with Gasteiger partial charge in [0.25, 0.3) is 0 Å². The van der Waals surface area contributed by atoms with Crippen molar-refractivity contribution in [1.29, 1.82) is 0 Å². The summed E-state index contributed by atoms with van der Waals surface area (Å²) in [5.74, 6) is 0. The van der Waals surface area contributed by atoms with Gasteiger partial charge in [0, 0.05) is 17.2 Å². The molecule has 0 aliphatic heterocycles. The standard InChI is InChI=1S/C19H21BrN2O/c20-18-11-6-10-17(15-18)12-14-22-19(23)21-13-5-4-9-16-7-2-1-3-8-16/h1-3,6-8,10-12,14-15H,4-5,9,13H2,(H2,21,22,23)/b14-12+. The molecular formula is C19H21BrN2O. The van der Waals surface area contributed by atoms with E-state index in [1.54, 1.807) is 6.20 Å². The minimum Gasteiger partial charge on any atom is -0.338 e. The van der Waals surface area contributed by atoms with E-state index >= 15 is 0 Å². The molecule has 23 heavy (non-hydrogen) atoms. The molecule has 2 N–H and O–H groups in total. The van der Waals surface area contributed by atoms with Crippen molar-refractivity contribution in [2.24, 2.45) is 0 Å². The highest BCUT2D eigenvalue weighted by Crippen LogP contribution is 2.12. The number of carbonyl (C=O) groups excluding carboxylic acids is 1. The average Bonchev–Trinajstić information content (AvgIpc) is 2.55. The van der Waals surface area contributed by atoms with Gasteiger partial charge in [-0.2, -0.15) is 0 Å². The molecule has 0 bridgehead atoms. The van der Waals surface area contributed by atoms with Crippen LogP contribution in [0.1, 0.15) is 24.0 Å².